The summed E-state index contributed by atoms with van der Waals surface area (Å²) in [6.07, 6.45) is -4.71. The summed E-state index contributed by atoms with van der Waals surface area (Å²) in [5.41, 5.74) is 0.919. The lowest BCUT2D eigenvalue weighted by molar-refractivity contribution is -0.384. The lowest BCUT2D eigenvalue weighted by atomic mass is 10.1. The first-order valence-corrected chi connectivity index (χ1v) is 7.00. The van der Waals surface area contributed by atoms with Crippen LogP contribution in [-0.2, 0) is 6.18 Å². The van der Waals surface area contributed by atoms with Gasteiger partial charge in [-0.05, 0) is 36.8 Å². The molecular formula is C15H11F3N4O4. The van der Waals surface area contributed by atoms with Crippen molar-refractivity contribution < 1.29 is 23.0 Å². The number of hydrogen-bond donors (Lipinski definition) is 1. The Labute approximate surface area is 144 Å². The fourth-order valence-corrected chi connectivity index (χ4v) is 1.99. The van der Waals surface area contributed by atoms with Crippen LogP contribution in [0, 0.1) is 20.2 Å². The van der Waals surface area contributed by atoms with Crippen molar-refractivity contribution in [2.75, 3.05) is 5.43 Å². The van der Waals surface area contributed by atoms with Crippen molar-refractivity contribution >= 4 is 22.8 Å². The molecule has 11 heteroatoms. The Bertz CT molecular complexity index is 879. The van der Waals surface area contributed by atoms with E-state index in [2.05, 4.69) is 10.5 Å². The van der Waals surface area contributed by atoms with E-state index in [1.807, 2.05) is 0 Å². The van der Waals surface area contributed by atoms with Crippen LogP contribution in [-0.4, -0.2) is 15.6 Å². The molecule has 0 spiro atoms. The molecule has 2 rings (SSSR count). The van der Waals surface area contributed by atoms with Gasteiger partial charge < -0.3 is 0 Å². The number of nitro groups is 2. The lowest BCUT2D eigenvalue weighted by Gasteiger charge is -2.09. The van der Waals surface area contributed by atoms with Gasteiger partial charge in [0.15, 0.2) is 0 Å². The second-order valence-electron chi connectivity index (χ2n) is 5.10. The molecule has 1 N–H and O–H groups in total. The molecular weight excluding hydrogens is 357 g/mol. The molecule has 2 aromatic carbocycles. The molecule has 0 heterocycles. The number of nitrogens with one attached hydrogen (secondary N) is 1. The first-order valence-electron chi connectivity index (χ1n) is 7.00. The van der Waals surface area contributed by atoms with E-state index < -0.39 is 27.3 Å². The molecule has 0 radical (unpaired) electrons. The second-order valence-corrected chi connectivity index (χ2v) is 5.10. The number of anilines is 1. The fraction of sp³-hybridized carbons (Fsp3) is 0.133. The minimum absolute atomic E-state index is 0.118. The molecule has 136 valence electrons. The van der Waals surface area contributed by atoms with E-state index >= 15 is 0 Å². The number of hydrazone groups is 1. The summed E-state index contributed by atoms with van der Waals surface area (Å²) in [6, 6.07) is 7.40. The van der Waals surface area contributed by atoms with Crippen LogP contribution >= 0.6 is 0 Å². The van der Waals surface area contributed by atoms with Gasteiger partial charge >= 0.3 is 6.18 Å². The van der Waals surface area contributed by atoms with Crippen LogP contribution < -0.4 is 5.43 Å². The van der Waals surface area contributed by atoms with Gasteiger partial charge in [0.1, 0.15) is 5.69 Å². The molecule has 0 aliphatic rings. The second kappa shape index (κ2) is 7.17. The van der Waals surface area contributed by atoms with Crippen molar-refractivity contribution in [1.29, 1.82) is 0 Å². The van der Waals surface area contributed by atoms with E-state index in [-0.39, 0.29) is 11.4 Å². The van der Waals surface area contributed by atoms with Crippen LogP contribution in [0.5, 0.6) is 0 Å². The van der Waals surface area contributed by atoms with Crippen LogP contribution in [0.15, 0.2) is 47.6 Å². The Kier molecular flexibility index (Phi) is 5.19. The zero-order valence-corrected chi connectivity index (χ0v) is 13.1. The number of non-ortho nitro benzene ring substituents is 1. The molecule has 26 heavy (non-hydrogen) atoms. The summed E-state index contributed by atoms with van der Waals surface area (Å²) in [5.74, 6) is 0. The maximum Gasteiger partial charge on any atom is 0.416 e. The predicted octanol–water partition coefficient (Wildman–Crippen LogP) is 4.36. The topological polar surface area (TPSA) is 111 Å². The van der Waals surface area contributed by atoms with E-state index in [0.29, 0.717) is 23.4 Å². The molecule has 0 saturated carbocycles. The van der Waals surface area contributed by atoms with Crippen LogP contribution in [0.2, 0.25) is 0 Å². The first kappa shape index (κ1) is 18.8. The Morgan fingerprint density at radius 2 is 1.65 bits per heavy atom. The van der Waals surface area contributed by atoms with E-state index in [1.54, 1.807) is 0 Å². The Morgan fingerprint density at radius 1 is 1.04 bits per heavy atom. The van der Waals surface area contributed by atoms with Gasteiger partial charge in [0.2, 0.25) is 0 Å². The van der Waals surface area contributed by atoms with Gasteiger partial charge in [-0.25, -0.2) is 0 Å². The minimum Gasteiger partial charge on any atom is -0.271 e. The standard InChI is InChI=1S/C15H11F3N4O4/c1-9(10-2-5-12(6-3-10)21(23)24)19-20-13-7-4-11(15(16,17)18)8-14(13)22(25)26/h2-8,20H,1H3/b19-9-. The summed E-state index contributed by atoms with van der Waals surface area (Å²) in [7, 11) is 0. The Morgan fingerprint density at radius 3 is 2.15 bits per heavy atom. The van der Waals surface area contributed by atoms with Crippen LogP contribution in [0.25, 0.3) is 0 Å². The molecule has 0 unspecified atom stereocenters. The summed E-state index contributed by atoms with van der Waals surface area (Å²) < 4.78 is 38.0. The summed E-state index contributed by atoms with van der Waals surface area (Å²) >= 11 is 0. The quantitative estimate of drug-likeness (QED) is 0.479. The molecule has 0 aromatic heterocycles. The number of halogens is 3. The van der Waals surface area contributed by atoms with E-state index in [9.17, 15) is 33.4 Å². The molecule has 0 amide bonds. The van der Waals surface area contributed by atoms with E-state index in [0.717, 1.165) is 6.07 Å². The Hall–Kier alpha value is -3.50. The average Bonchev–Trinajstić information content (AvgIpc) is 2.58. The predicted molar refractivity (Wildman–Crippen MR) is 87.0 cm³/mol. The molecule has 0 aliphatic heterocycles. The highest BCUT2D eigenvalue weighted by atomic mass is 19.4. The van der Waals surface area contributed by atoms with Crippen molar-refractivity contribution in [3.05, 3.63) is 73.8 Å². The van der Waals surface area contributed by atoms with Crippen molar-refractivity contribution in [1.82, 2.24) is 0 Å². The highest BCUT2D eigenvalue weighted by Crippen LogP contribution is 2.35. The van der Waals surface area contributed by atoms with Gasteiger partial charge in [-0.15, -0.1) is 0 Å². The van der Waals surface area contributed by atoms with E-state index in [1.165, 1.54) is 31.2 Å². The maximum atomic E-state index is 12.7. The minimum atomic E-state index is -4.71. The van der Waals surface area contributed by atoms with Crippen molar-refractivity contribution in [3.8, 4) is 0 Å². The Balaban J connectivity index is 2.28. The lowest BCUT2D eigenvalue weighted by Crippen LogP contribution is -2.07. The highest BCUT2D eigenvalue weighted by molar-refractivity contribution is 5.99. The van der Waals surface area contributed by atoms with Crippen LogP contribution in [0.4, 0.5) is 30.2 Å². The largest absolute Gasteiger partial charge is 0.416 e. The van der Waals surface area contributed by atoms with Gasteiger partial charge in [-0.3, -0.25) is 25.7 Å². The molecule has 0 atom stereocenters. The smallest absolute Gasteiger partial charge is 0.271 e. The number of nitro benzene ring substituents is 2. The maximum absolute atomic E-state index is 12.7. The highest BCUT2D eigenvalue weighted by Gasteiger charge is 2.33. The number of rotatable bonds is 5. The number of alkyl halides is 3. The third-order valence-corrected chi connectivity index (χ3v) is 3.36. The van der Waals surface area contributed by atoms with Gasteiger partial charge in [-0.1, -0.05) is 0 Å². The molecule has 2 aromatic rings. The third kappa shape index (κ3) is 4.32. The van der Waals surface area contributed by atoms with Gasteiger partial charge in [0.25, 0.3) is 11.4 Å². The van der Waals surface area contributed by atoms with Crippen molar-refractivity contribution in [2.24, 2.45) is 5.10 Å². The van der Waals surface area contributed by atoms with E-state index in [4.69, 9.17) is 0 Å². The molecule has 8 nitrogen and oxygen atoms in total. The van der Waals surface area contributed by atoms with Crippen molar-refractivity contribution in [3.63, 3.8) is 0 Å². The zero-order chi connectivity index (χ0) is 19.5. The summed E-state index contributed by atoms with van der Waals surface area (Å²) in [6.45, 7) is 1.53. The zero-order valence-electron chi connectivity index (χ0n) is 13.1. The number of hydrogen-bond acceptors (Lipinski definition) is 6. The number of benzene rings is 2. The number of nitrogens with zero attached hydrogens (tertiary/aromatic N) is 3. The SMILES string of the molecule is C/C(=N/Nc1ccc(C(F)(F)F)cc1[N+](=O)[O-])c1ccc([N+](=O)[O-])cc1. The summed E-state index contributed by atoms with van der Waals surface area (Å²) in [5, 5.41) is 25.5. The molecule has 0 saturated heterocycles. The van der Waals surface area contributed by atoms with Crippen LogP contribution in [0.3, 0.4) is 0 Å². The normalized spacial score (nSPS) is 11.9. The summed E-state index contributed by atoms with van der Waals surface area (Å²) in [4.78, 5) is 20.1. The first-order chi connectivity index (χ1) is 12.1. The molecule has 0 fully saturated rings. The molecule has 0 bridgehead atoms. The van der Waals surface area contributed by atoms with Gasteiger partial charge in [0, 0.05) is 18.2 Å². The average molecular weight is 368 g/mol. The van der Waals surface area contributed by atoms with Crippen LogP contribution in [0.1, 0.15) is 18.1 Å². The van der Waals surface area contributed by atoms with Gasteiger partial charge in [-0.2, -0.15) is 18.3 Å². The third-order valence-electron chi connectivity index (χ3n) is 3.36. The fourth-order valence-electron chi connectivity index (χ4n) is 1.99. The van der Waals surface area contributed by atoms with Crippen molar-refractivity contribution in [2.45, 2.75) is 13.1 Å². The monoisotopic (exact) mass is 368 g/mol. The molecule has 0 aliphatic carbocycles. The van der Waals surface area contributed by atoms with Gasteiger partial charge in [0.05, 0.1) is 21.1 Å².